The van der Waals surface area contributed by atoms with E-state index in [2.05, 4.69) is 0 Å². The van der Waals surface area contributed by atoms with Crippen molar-refractivity contribution in [2.45, 2.75) is 32.0 Å². The molecule has 2 aliphatic heterocycles. The molecule has 0 aromatic heterocycles. The molecule has 0 spiro atoms. The van der Waals surface area contributed by atoms with E-state index in [1.807, 2.05) is 43.3 Å². The number of likely N-dealkylation sites (tertiary alicyclic amines) is 1. The van der Waals surface area contributed by atoms with Gasteiger partial charge in [0.05, 0.1) is 11.6 Å². The van der Waals surface area contributed by atoms with Crippen molar-refractivity contribution in [1.29, 1.82) is 0 Å². The average molecular weight is 441 g/mol. The number of benzene rings is 3. The predicted molar refractivity (Wildman–Crippen MR) is 123 cm³/mol. The molecule has 2 aliphatic rings. The smallest absolute Gasteiger partial charge is 0.295 e. The fraction of sp³-hybridized carbons (Fsp3) is 0.185. The number of aromatic hydroxyl groups is 1. The summed E-state index contributed by atoms with van der Waals surface area (Å²) in [4.78, 5) is 27.7. The number of hydrogen-bond donors (Lipinski definition) is 2. The summed E-state index contributed by atoms with van der Waals surface area (Å²) in [5.41, 5.74) is 2.95. The van der Waals surface area contributed by atoms with Crippen LogP contribution < -0.4 is 4.74 Å². The molecule has 2 N–H and O–H groups in total. The number of carbonyl (C=O) groups excluding carboxylic acids is 2. The molecule has 0 bridgehead atoms. The van der Waals surface area contributed by atoms with Gasteiger partial charge in [-0.05, 0) is 53.9 Å². The van der Waals surface area contributed by atoms with Crippen LogP contribution in [0.1, 0.15) is 35.2 Å². The highest BCUT2D eigenvalue weighted by Crippen LogP contribution is 2.41. The number of carbonyl (C=O) groups is 2. The van der Waals surface area contributed by atoms with E-state index in [-0.39, 0.29) is 29.7 Å². The molecule has 2 atom stereocenters. The Hall–Kier alpha value is -4.06. The zero-order valence-corrected chi connectivity index (χ0v) is 18.1. The maximum Gasteiger partial charge on any atom is 0.295 e. The van der Waals surface area contributed by atoms with Crippen LogP contribution in [0, 0.1) is 0 Å². The first-order valence-corrected chi connectivity index (χ1v) is 10.8. The number of phenols is 1. The molecule has 3 aromatic carbocycles. The number of aliphatic hydroxyl groups excluding tert-OH is 1. The van der Waals surface area contributed by atoms with Gasteiger partial charge >= 0.3 is 0 Å². The van der Waals surface area contributed by atoms with Gasteiger partial charge in [0, 0.05) is 18.5 Å². The lowest BCUT2D eigenvalue weighted by Gasteiger charge is -2.25. The van der Waals surface area contributed by atoms with Crippen LogP contribution >= 0.6 is 0 Å². The molecule has 0 aliphatic carbocycles. The highest BCUT2D eigenvalue weighted by Gasteiger charge is 2.46. The largest absolute Gasteiger partial charge is 0.508 e. The van der Waals surface area contributed by atoms with Crippen LogP contribution in [-0.4, -0.2) is 32.9 Å². The summed E-state index contributed by atoms with van der Waals surface area (Å²) in [7, 11) is 0. The van der Waals surface area contributed by atoms with E-state index in [1.165, 1.54) is 17.0 Å². The number of rotatable bonds is 4. The number of phenolic OH excluding ortho intramolecular Hbond substituents is 1. The van der Waals surface area contributed by atoms with Gasteiger partial charge in [-0.3, -0.25) is 9.59 Å². The monoisotopic (exact) mass is 441 g/mol. The predicted octanol–water partition coefficient (Wildman–Crippen LogP) is 4.34. The lowest BCUT2D eigenvalue weighted by molar-refractivity contribution is -0.140. The van der Waals surface area contributed by atoms with Gasteiger partial charge in [0.15, 0.2) is 0 Å². The Labute approximate surface area is 191 Å². The second-order valence-electron chi connectivity index (χ2n) is 8.46. The first kappa shape index (κ1) is 20.8. The van der Waals surface area contributed by atoms with Crippen LogP contribution in [0.5, 0.6) is 11.5 Å². The summed E-state index contributed by atoms with van der Waals surface area (Å²) in [6.45, 7) is 2.18. The van der Waals surface area contributed by atoms with Crippen molar-refractivity contribution in [3.05, 3.63) is 101 Å². The van der Waals surface area contributed by atoms with E-state index >= 15 is 0 Å². The molecule has 1 fully saturated rings. The highest BCUT2D eigenvalue weighted by atomic mass is 16.5. The molecule has 3 aromatic rings. The molecule has 6 nitrogen and oxygen atoms in total. The van der Waals surface area contributed by atoms with Gasteiger partial charge in [0.1, 0.15) is 23.4 Å². The Balaban J connectivity index is 1.62. The summed E-state index contributed by atoms with van der Waals surface area (Å²) in [6.07, 6.45) is 0.756. The van der Waals surface area contributed by atoms with E-state index in [9.17, 15) is 19.8 Å². The van der Waals surface area contributed by atoms with Gasteiger partial charge < -0.3 is 19.8 Å². The van der Waals surface area contributed by atoms with E-state index in [1.54, 1.807) is 24.3 Å². The van der Waals surface area contributed by atoms with Gasteiger partial charge in [-0.15, -0.1) is 0 Å². The third-order valence-electron chi connectivity index (χ3n) is 6.11. The first-order chi connectivity index (χ1) is 15.9. The van der Waals surface area contributed by atoms with Crippen molar-refractivity contribution in [2.75, 3.05) is 0 Å². The van der Waals surface area contributed by atoms with Crippen LogP contribution in [-0.2, 0) is 22.6 Å². The normalized spacial score (nSPS) is 21.2. The Morgan fingerprint density at radius 2 is 1.76 bits per heavy atom. The molecule has 0 unspecified atom stereocenters. The SMILES string of the molecule is C[C@H]1Cc2cc(C(O)=C3C(=O)C(=O)N(Cc4ccccc4)[C@@H]3c3ccc(O)cc3)ccc2O1. The number of nitrogens with zero attached hydrogens (tertiary/aromatic N) is 1. The molecule has 6 heteroatoms. The number of Topliss-reactive ketones (excluding diaryl/α,β-unsaturated/α-hetero) is 1. The van der Waals surface area contributed by atoms with Gasteiger partial charge in [0.2, 0.25) is 0 Å². The maximum atomic E-state index is 13.2. The molecule has 166 valence electrons. The van der Waals surface area contributed by atoms with Crippen molar-refractivity contribution in [2.24, 2.45) is 0 Å². The number of aliphatic hydroxyl groups is 1. The molecule has 33 heavy (non-hydrogen) atoms. The lowest BCUT2D eigenvalue weighted by Crippen LogP contribution is -2.29. The minimum Gasteiger partial charge on any atom is -0.508 e. The molecule has 0 radical (unpaired) electrons. The summed E-state index contributed by atoms with van der Waals surface area (Å²) in [6, 6.07) is 20.2. The molecular formula is C27H23NO5. The van der Waals surface area contributed by atoms with Gasteiger partial charge in [-0.2, -0.15) is 0 Å². The fourth-order valence-electron chi connectivity index (χ4n) is 4.55. The quantitative estimate of drug-likeness (QED) is 0.357. The van der Waals surface area contributed by atoms with Crippen LogP contribution in [0.25, 0.3) is 5.76 Å². The minimum atomic E-state index is -0.783. The molecule has 5 rings (SSSR count). The lowest BCUT2D eigenvalue weighted by atomic mass is 9.94. The fourth-order valence-corrected chi connectivity index (χ4v) is 4.55. The Morgan fingerprint density at radius 1 is 1.03 bits per heavy atom. The van der Waals surface area contributed by atoms with E-state index in [0.717, 1.165) is 16.9 Å². The van der Waals surface area contributed by atoms with E-state index in [0.29, 0.717) is 17.5 Å². The number of ketones is 1. The third-order valence-corrected chi connectivity index (χ3v) is 6.11. The van der Waals surface area contributed by atoms with Gasteiger partial charge in [0.25, 0.3) is 11.7 Å². The number of fused-ring (bicyclic) bond motifs is 1. The van der Waals surface area contributed by atoms with Crippen LogP contribution in [0.15, 0.2) is 78.4 Å². The highest BCUT2D eigenvalue weighted by molar-refractivity contribution is 6.46. The second-order valence-corrected chi connectivity index (χ2v) is 8.46. The van der Waals surface area contributed by atoms with Crippen LogP contribution in [0.4, 0.5) is 0 Å². The summed E-state index contributed by atoms with van der Waals surface area (Å²) in [5.74, 6) is -0.780. The van der Waals surface area contributed by atoms with Gasteiger partial charge in [-0.1, -0.05) is 42.5 Å². The Bertz CT molecular complexity index is 1260. The van der Waals surface area contributed by atoms with Crippen molar-refractivity contribution in [1.82, 2.24) is 4.90 Å². The van der Waals surface area contributed by atoms with Gasteiger partial charge in [-0.25, -0.2) is 0 Å². The summed E-state index contributed by atoms with van der Waals surface area (Å²) in [5, 5.41) is 21.0. The van der Waals surface area contributed by atoms with Crippen LogP contribution in [0.2, 0.25) is 0 Å². The van der Waals surface area contributed by atoms with Crippen molar-refractivity contribution >= 4 is 17.4 Å². The van der Waals surface area contributed by atoms with E-state index in [4.69, 9.17) is 4.74 Å². The number of amides is 1. The summed E-state index contributed by atoms with van der Waals surface area (Å²) >= 11 is 0. The zero-order chi connectivity index (χ0) is 23.1. The Morgan fingerprint density at radius 3 is 2.48 bits per heavy atom. The zero-order valence-electron chi connectivity index (χ0n) is 18.1. The Kier molecular flexibility index (Phi) is 5.13. The van der Waals surface area contributed by atoms with Crippen LogP contribution in [0.3, 0.4) is 0 Å². The molecule has 1 saturated heterocycles. The summed E-state index contributed by atoms with van der Waals surface area (Å²) < 4.78 is 5.74. The molecular weight excluding hydrogens is 418 g/mol. The van der Waals surface area contributed by atoms with E-state index < -0.39 is 17.7 Å². The molecule has 1 amide bonds. The molecule has 2 heterocycles. The second kappa shape index (κ2) is 8.13. The number of ether oxygens (including phenoxy) is 1. The molecule has 0 saturated carbocycles. The minimum absolute atomic E-state index is 0.0357. The number of hydrogen-bond acceptors (Lipinski definition) is 5. The van der Waals surface area contributed by atoms with Crippen molar-refractivity contribution in [3.8, 4) is 11.5 Å². The standard InChI is InChI=1S/C27H23NO5/c1-16-13-20-14-19(9-12-22(20)33-16)25(30)23-24(18-7-10-21(29)11-8-18)28(27(32)26(23)31)15-17-5-3-2-4-6-17/h2-12,14,16,24,29-30H,13,15H2,1H3/t16-,24+/m0/s1. The average Bonchev–Trinajstić information content (AvgIpc) is 3.31. The van der Waals surface area contributed by atoms with Crippen molar-refractivity contribution < 1.29 is 24.5 Å². The third kappa shape index (κ3) is 3.74. The van der Waals surface area contributed by atoms with Crippen molar-refractivity contribution in [3.63, 3.8) is 0 Å². The topological polar surface area (TPSA) is 87.1 Å². The maximum absolute atomic E-state index is 13.2. The first-order valence-electron chi connectivity index (χ1n) is 10.8.